The molecular formula is C36H49NO4Si. The van der Waals surface area contributed by atoms with Crippen molar-refractivity contribution in [1.82, 2.24) is 4.90 Å². The van der Waals surface area contributed by atoms with E-state index in [0.717, 1.165) is 18.4 Å². The second-order valence-electron chi connectivity index (χ2n) is 13.6. The van der Waals surface area contributed by atoms with E-state index in [2.05, 4.69) is 81.4 Å². The molecule has 0 heterocycles. The topological polar surface area (TPSA) is 59.0 Å². The molecule has 5 nitrogen and oxygen atoms in total. The number of hydrogen-bond acceptors (Lipinski definition) is 4. The number of ether oxygens (including phenoxy) is 1. The van der Waals surface area contributed by atoms with Crippen LogP contribution >= 0.6 is 0 Å². The van der Waals surface area contributed by atoms with Gasteiger partial charge in [-0.15, -0.1) is 0 Å². The van der Waals surface area contributed by atoms with Crippen molar-refractivity contribution in [2.75, 3.05) is 13.2 Å². The van der Waals surface area contributed by atoms with Crippen LogP contribution in [0.5, 0.6) is 0 Å². The van der Waals surface area contributed by atoms with Crippen molar-refractivity contribution in [3.05, 3.63) is 96.1 Å². The average molecular weight is 588 g/mol. The zero-order valence-electron chi connectivity index (χ0n) is 26.7. The summed E-state index contributed by atoms with van der Waals surface area (Å²) in [7, 11) is -2.74. The van der Waals surface area contributed by atoms with Gasteiger partial charge in [-0.2, -0.15) is 0 Å². The van der Waals surface area contributed by atoms with Crippen LogP contribution in [0.15, 0.2) is 84.9 Å². The summed E-state index contributed by atoms with van der Waals surface area (Å²) in [6.45, 7) is 16.9. The molecule has 0 aromatic heterocycles. The number of nitrogens with zero attached hydrogens (tertiary/aromatic N) is 1. The fourth-order valence-electron chi connectivity index (χ4n) is 6.61. The molecule has 6 heteroatoms. The van der Waals surface area contributed by atoms with Crippen LogP contribution in [0.1, 0.15) is 78.9 Å². The van der Waals surface area contributed by atoms with E-state index in [4.69, 9.17) is 9.16 Å². The van der Waals surface area contributed by atoms with Crippen LogP contribution in [0, 0.1) is 0 Å². The van der Waals surface area contributed by atoms with Crippen LogP contribution in [0.4, 0.5) is 4.79 Å². The normalized spacial score (nSPS) is 17.0. The van der Waals surface area contributed by atoms with E-state index in [1.165, 1.54) is 15.9 Å². The summed E-state index contributed by atoms with van der Waals surface area (Å²) >= 11 is 0. The van der Waals surface area contributed by atoms with E-state index in [-0.39, 0.29) is 17.0 Å². The second kappa shape index (κ2) is 12.4. The van der Waals surface area contributed by atoms with Gasteiger partial charge in [-0.25, -0.2) is 4.79 Å². The molecule has 0 saturated heterocycles. The number of carbonyl (C=O) groups excluding carboxylic acids is 1. The third-order valence-electron chi connectivity index (χ3n) is 9.24. The van der Waals surface area contributed by atoms with Crippen molar-refractivity contribution in [2.24, 2.45) is 0 Å². The predicted octanol–water partition coefficient (Wildman–Crippen LogP) is 6.67. The molecule has 4 rings (SSSR count). The molecule has 1 unspecified atom stereocenters. The zero-order valence-corrected chi connectivity index (χ0v) is 27.7. The highest BCUT2D eigenvalue weighted by molar-refractivity contribution is 6.99. The molecule has 0 aliphatic heterocycles. The lowest BCUT2D eigenvalue weighted by Crippen LogP contribution is -2.67. The minimum absolute atomic E-state index is 0.0972. The summed E-state index contributed by atoms with van der Waals surface area (Å²) in [5.41, 5.74) is 0.0520. The highest BCUT2D eigenvalue weighted by Crippen LogP contribution is 2.47. The number of benzene rings is 3. The Hall–Kier alpha value is -2.93. The van der Waals surface area contributed by atoms with Crippen LogP contribution in [0.25, 0.3) is 0 Å². The highest BCUT2D eigenvalue weighted by Gasteiger charge is 2.53. The molecule has 1 aliphatic carbocycles. The molecule has 42 heavy (non-hydrogen) atoms. The van der Waals surface area contributed by atoms with Crippen LogP contribution in [0.3, 0.4) is 0 Å². The lowest BCUT2D eigenvalue weighted by molar-refractivity contribution is -0.144. The molecule has 0 radical (unpaired) electrons. The van der Waals surface area contributed by atoms with E-state index < -0.39 is 25.6 Å². The Morgan fingerprint density at radius 2 is 1.40 bits per heavy atom. The van der Waals surface area contributed by atoms with Gasteiger partial charge in [0.1, 0.15) is 5.60 Å². The Labute approximate surface area is 254 Å². The maximum atomic E-state index is 14.0. The first-order chi connectivity index (χ1) is 19.7. The lowest BCUT2D eigenvalue weighted by Gasteiger charge is -2.46. The maximum absolute atomic E-state index is 14.0. The standard InChI is InChI=1S/C36H49NO4Si/c1-27(2)37(33(38)41-36(8,35(6,7)39)32-24-23-28-17-15-16-22-31(28)32)25-26-40-42(34(3,4)5,29-18-11-9-12-19-29)30-20-13-10-14-21-30/h9-22,27,32,39H,23-26H2,1-8H3/t32?,36-/m0/s1. The molecular weight excluding hydrogens is 538 g/mol. The molecule has 2 atom stereocenters. The SMILES string of the molecule is CC(C)N(CCO[Si](c1ccccc1)(c1ccccc1)C(C)(C)C)C(=O)O[C@@](C)(C1CCc2ccccc21)C(C)(C)O. The Kier molecular flexibility index (Phi) is 9.41. The van der Waals surface area contributed by atoms with E-state index in [9.17, 15) is 9.90 Å². The first-order valence-electron chi connectivity index (χ1n) is 15.3. The van der Waals surface area contributed by atoms with E-state index >= 15 is 0 Å². The fourth-order valence-corrected chi connectivity index (χ4v) is 11.2. The van der Waals surface area contributed by atoms with E-state index in [1.807, 2.05) is 45.0 Å². The quantitative estimate of drug-likeness (QED) is 0.269. The number of fused-ring (bicyclic) bond motifs is 1. The van der Waals surface area contributed by atoms with Gasteiger partial charge >= 0.3 is 6.09 Å². The van der Waals surface area contributed by atoms with Crippen LogP contribution in [0.2, 0.25) is 5.04 Å². The summed E-state index contributed by atoms with van der Waals surface area (Å²) in [4.78, 5) is 15.7. The van der Waals surface area contributed by atoms with Crippen molar-refractivity contribution < 1.29 is 19.1 Å². The fraction of sp³-hybridized carbons (Fsp3) is 0.472. The molecule has 1 amide bonds. The van der Waals surface area contributed by atoms with Crippen molar-refractivity contribution in [1.29, 1.82) is 0 Å². The molecule has 0 bridgehead atoms. The monoisotopic (exact) mass is 587 g/mol. The predicted molar refractivity (Wildman–Crippen MR) is 174 cm³/mol. The molecule has 0 fully saturated rings. The molecule has 0 saturated carbocycles. The molecule has 3 aromatic carbocycles. The summed E-state index contributed by atoms with van der Waals surface area (Å²) in [6, 6.07) is 29.3. The Morgan fingerprint density at radius 1 is 0.881 bits per heavy atom. The van der Waals surface area contributed by atoms with Crippen LogP contribution in [-0.2, 0) is 15.6 Å². The third kappa shape index (κ3) is 6.08. The van der Waals surface area contributed by atoms with E-state index in [0.29, 0.717) is 13.2 Å². The summed E-state index contributed by atoms with van der Waals surface area (Å²) in [5.74, 6) is -0.0972. The van der Waals surface area contributed by atoms with Gasteiger partial charge in [0.2, 0.25) is 0 Å². The number of rotatable bonds is 10. The first-order valence-corrected chi connectivity index (χ1v) is 17.2. The largest absolute Gasteiger partial charge is 0.439 e. The Bertz CT molecular complexity index is 1290. The molecule has 1 N–H and O–H groups in total. The van der Waals surface area contributed by atoms with Gasteiger partial charge in [-0.05, 0) is 74.0 Å². The lowest BCUT2D eigenvalue weighted by atomic mass is 9.74. The Morgan fingerprint density at radius 3 is 1.90 bits per heavy atom. The third-order valence-corrected chi connectivity index (χ3v) is 14.3. The van der Waals surface area contributed by atoms with Crippen molar-refractivity contribution in [3.8, 4) is 0 Å². The molecule has 1 aliphatic rings. The molecule has 0 spiro atoms. The van der Waals surface area contributed by atoms with Crippen molar-refractivity contribution in [2.45, 2.75) is 96.4 Å². The first kappa shape index (κ1) is 32.0. The zero-order chi connectivity index (χ0) is 30.8. The van der Waals surface area contributed by atoms with Gasteiger partial charge in [0.15, 0.2) is 0 Å². The highest BCUT2D eigenvalue weighted by atomic mass is 28.4. The Balaban J connectivity index is 1.61. The second-order valence-corrected chi connectivity index (χ2v) is 17.9. The smallest absolute Gasteiger partial charge is 0.410 e. The van der Waals surface area contributed by atoms with Crippen molar-refractivity contribution in [3.63, 3.8) is 0 Å². The number of aryl methyl sites for hydroxylation is 1. The average Bonchev–Trinajstić information content (AvgIpc) is 3.37. The number of carbonyl (C=O) groups is 1. The maximum Gasteiger partial charge on any atom is 0.410 e. The van der Waals surface area contributed by atoms with Gasteiger partial charge in [-0.3, -0.25) is 0 Å². The van der Waals surface area contributed by atoms with Gasteiger partial charge in [0, 0.05) is 18.5 Å². The van der Waals surface area contributed by atoms with Crippen LogP contribution in [-0.4, -0.2) is 54.8 Å². The van der Waals surface area contributed by atoms with Gasteiger partial charge in [0.05, 0.1) is 12.2 Å². The number of hydrogen-bond donors (Lipinski definition) is 1. The minimum Gasteiger partial charge on any atom is -0.439 e. The summed E-state index contributed by atoms with van der Waals surface area (Å²) in [5, 5.41) is 13.7. The summed E-state index contributed by atoms with van der Waals surface area (Å²) < 4.78 is 13.5. The minimum atomic E-state index is -2.74. The van der Waals surface area contributed by atoms with Gasteiger partial charge in [0.25, 0.3) is 8.32 Å². The van der Waals surface area contributed by atoms with E-state index in [1.54, 1.807) is 18.7 Å². The number of amides is 1. The molecule has 3 aromatic rings. The molecule has 226 valence electrons. The van der Waals surface area contributed by atoms with Gasteiger partial charge in [-0.1, -0.05) is 106 Å². The number of aliphatic hydroxyl groups is 1. The summed E-state index contributed by atoms with van der Waals surface area (Å²) in [6.07, 6.45) is 1.31. The van der Waals surface area contributed by atoms with Gasteiger partial charge < -0.3 is 19.2 Å². The van der Waals surface area contributed by atoms with Crippen molar-refractivity contribution >= 4 is 24.8 Å². The van der Waals surface area contributed by atoms with Crippen LogP contribution < -0.4 is 10.4 Å².